The minimum absolute atomic E-state index is 0.0329. The summed E-state index contributed by atoms with van der Waals surface area (Å²) in [5.74, 6) is -0.180. The number of aryl methyl sites for hydroxylation is 1. The van der Waals surface area contributed by atoms with E-state index in [0.29, 0.717) is 12.1 Å². The molecule has 0 aromatic heterocycles. The summed E-state index contributed by atoms with van der Waals surface area (Å²) in [5, 5.41) is 12.3. The number of aliphatic hydroxyl groups excluding tert-OH is 1. The van der Waals surface area contributed by atoms with Crippen molar-refractivity contribution in [3.63, 3.8) is 0 Å². The number of benzene rings is 2. The monoisotopic (exact) mass is 245 g/mol. The van der Waals surface area contributed by atoms with Crippen LogP contribution in [0.3, 0.4) is 0 Å². The number of hydrogen-bond donors (Lipinski definition) is 2. The molecule has 0 aliphatic rings. The van der Waals surface area contributed by atoms with E-state index in [1.165, 1.54) is 6.07 Å². The summed E-state index contributed by atoms with van der Waals surface area (Å²) in [5.41, 5.74) is 3.50. The Kier molecular flexibility index (Phi) is 3.95. The van der Waals surface area contributed by atoms with Gasteiger partial charge in [0.2, 0.25) is 0 Å². The Balaban J connectivity index is 2.04. The molecule has 0 spiro atoms. The quantitative estimate of drug-likeness (QED) is 0.866. The smallest absolute Gasteiger partial charge is 0.126 e. The van der Waals surface area contributed by atoms with Crippen LogP contribution < -0.4 is 5.32 Å². The van der Waals surface area contributed by atoms with Crippen molar-refractivity contribution in [2.45, 2.75) is 20.1 Å². The van der Waals surface area contributed by atoms with Gasteiger partial charge in [0.15, 0.2) is 0 Å². The fraction of sp³-hybridized carbons (Fsp3) is 0.200. The summed E-state index contributed by atoms with van der Waals surface area (Å²) in [6, 6.07) is 12.7. The van der Waals surface area contributed by atoms with Crippen molar-refractivity contribution < 1.29 is 9.50 Å². The highest BCUT2D eigenvalue weighted by Gasteiger charge is 1.99. The second-order valence-corrected chi connectivity index (χ2v) is 4.30. The van der Waals surface area contributed by atoms with E-state index in [4.69, 9.17) is 5.11 Å². The molecule has 3 heteroatoms. The molecule has 0 aliphatic carbocycles. The SMILES string of the molecule is Cc1cc(CNc2cccc(CO)c2)ccc1F. The summed E-state index contributed by atoms with van der Waals surface area (Å²) in [6.45, 7) is 2.42. The lowest BCUT2D eigenvalue weighted by Crippen LogP contribution is -2.00. The molecule has 0 radical (unpaired) electrons. The average Bonchev–Trinajstić information content (AvgIpc) is 2.40. The molecule has 2 rings (SSSR count). The zero-order valence-corrected chi connectivity index (χ0v) is 10.3. The Labute approximate surface area is 106 Å². The minimum atomic E-state index is -0.180. The van der Waals surface area contributed by atoms with E-state index >= 15 is 0 Å². The van der Waals surface area contributed by atoms with Crippen LogP contribution >= 0.6 is 0 Å². The third-order valence-electron chi connectivity index (χ3n) is 2.83. The molecule has 2 aromatic carbocycles. The summed E-state index contributed by atoms with van der Waals surface area (Å²) < 4.78 is 13.1. The van der Waals surface area contributed by atoms with E-state index in [2.05, 4.69) is 5.32 Å². The van der Waals surface area contributed by atoms with Crippen molar-refractivity contribution in [1.29, 1.82) is 0 Å². The van der Waals surface area contributed by atoms with Gasteiger partial charge in [-0.05, 0) is 41.8 Å². The molecular weight excluding hydrogens is 229 g/mol. The summed E-state index contributed by atoms with van der Waals surface area (Å²) >= 11 is 0. The number of rotatable bonds is 4. The maximum Gasteiger partial charge on any atom is 0.126 e. The first-order valence-electron chi connectivity index (χ1n) is 5.88. The molecule has 94 valence electrons. The highest BCUT2D eigenvalue weighted by molar-refractivity contribution is 5.46. The van der Waals surface area contributed by atoms with E-state index < -0.39 is 0 Å². The third-order valence-corrected chi connectivity index (χ3v) is 2.83. The Morgan fingerprint density at radius 1 is 1.11 bits per heavy atom. The molecule has 0 aliphatic heterocycles. The zero-order chi connectivity index (χ0) is 13.0. The lowest BCUT2D eigenvalue weighted by molar-refractivity contribution is 0.282. The molecule has 0 saturated carbocycles. The Hall–Kier alpha value is -1.87. The van der Waals surface area contributed by atoms with Crippen molar-refractivity contribution in [2.24, 2.45) is 0 Å². The Morgan fingerprint density at radius 3 is 2.67 bits per heavy atom. The lowest BCUT2D eigenvalue weighted by Gasteiger charge is -2.08. The van der Waals surface area contributed by atoms with Gasteiger partial charge in [-0.25, -0.2) is 4.39 Å². The fourth-order valence-electron chi connectivity index (χ4n) is 1.80. The molecule has 18 heavy (non-hydrogen) atoms. The number of hydrogen-bond acceptors (Lipinski definition) is 2. The van der Waals surface area contributed by atoms with E-state index in [9.17, 15) is 4.39 Å². The molecule has 0 heterocycles. The summed E-state index contributed by atoms with van der Waals surface area (Å²) in [7, 11) is 0. The predicted molar refractivity (Wildman–Crippen MR) is 70.8 cm³/mol. The van der Waals surface area contributed by atoms with Crippen LogP contribution in [0, 0.1) is 12.7 Å². The minimum Gasteiger partial charge on any atom is -0.392 e. The van der Waals surface area contributed by atoms with Crippen molar-refractivity contribution in [3.05, 3.63) is 65.0 Å². The second-order valence-electron chi connectivity index (χ2n) is 4.30. The van der Waals surface area contributed by atoms with Gasteiger partial charge in [-0.2, -0.15) is 0 Å². The maximum atomic E-state index is 13.1. The van der Waals surface area contributed by atoms with Crippen LogP contribution in [0.15, 0.2) is 42.5 Å². The Morgan fingerprint density at radius 2 is 1.94 bits per heavy atom. The molecule has 2 nitrogen and oxygen atoms in total. The van der Waals surface area contributed by atoms with Crippen LogP contribution in [0.2, 0.25) is 0 Å². The van der Waals surface area contributed by atoms with Gasteiger partial charge < -0.3 is 10.4 Å². The van der Waals surface area contributed by atoms with Crippen LogP contribution in [0.4, 0.5) is 10.1 Å². The number of anilines is 1. The van der Waals surface area contributed by atoms with E-state index in [1.54, 1.807) is 13.0 Å². The number of halogens is 1. The third kappa shape index (κ3) is 3.08. The molecule has 0 amide bonds. The van der Waals surface area contributed by atoms with Gasteiger partial charge in [0, 0.05) is 12.2 Å². The molecule has 2 aromatic rings. The highest BCUT2D eigenvalue weighted by atomic mass is 19.1. The standard InChI is InChI=1S/C15H16FNO/c1-11-7-12(5-6-15(11)16)9-17-14-4-2-3-13(8-14)10-18/h2-8,17-18H,9-10H2,1H3. The molecule has 0 saturated heterocycles. The van der Waals surface area contributed by atoms with Gasteiger partial charge in [-0.1, -0.05) is 24.3 Å². The van der Waals surface area contributed by atoms with Gasteiger partial charge in [0.1, 0.15) is 5.82 Å². The second kappa shape index (κ2) is 5.65. The lowest BCUT2D eigenvalue weighted by atomic mass is 10.1. The number of aliphatic hydroxyl groups is 1. The topological polar surface area (TPSA) is 32.3 Å². The van der Waals surface area contributed by atoms with Crippen LogP contribution in [0.5, 0.6) is 0 Å². The molecule has 0 bridgehead atoms. The van der Waals surface area contributed by atoms with Gasteiger partial charge in [-0.15, -0.1) is 0 Å². The Bertz CT molecular complexity index is 540. The summed E-state index contributed by atoms with van der Waals surface area (Å²) in [4.78, 5) is 0. The van der Waals surface area contributed by atoms with Crippen LogP contribution in [-0.2, 0) is 13.2 Å². The van der Waals surface area contributed by atoms with Crippen molar-refractivity contribution in [1.82, 2.24) is 0 Å². The van der Waals surface area contributed by atoms with Gasteiger partial charge in [0.25, 0.3) is 0 Å². The van der Waals surface area contributed by atoms with Crippen LogP contribution in [0.25, 0.3) is 0 Å². The van der Waals surface area contributed by atoms with Gasteiger partial charge in [-0.3, -0.25) is 0 Å². The van der Waals surface area contributed by atoms with Crippen molar-refractivity contribution >= 4 is 5.69 Å². The molecule has 0 fully saturated rings. The fourth-order valence-corrected chi connectivity index (χ4v) is 1.80. The van der Waals surface area contributed by atoms with E-state index in [-0.39, 0.29) is 12.4 Å². The zero-order valence-electron chi connectivity index (χ0n) is 10.3. The first-order valence-corrected chi connectivity index (χ1v) is 5.88. The molecule has 2 N–H and O–H groups in total. The largest absolute Gasteiger partial charge is 0.392 e. The normalized spacial score (nSPS) is 10.4. The van der Waals surface area contributed by atoms with Gasteiger partial charge in [0.05, 0.1) is 6.61 Å². The van der Waals surface area contributed by atoms with Gasteiger partial charge >= 0.3 is 0 Å². The molecular formula is C15H16FNO. The predicted octanol–water partition coefficient (Wildman–Crippen LogP) is 3.24. The average molecular weight is 245 g/mol. The maximum absolute atomic E-state index is 13.1. The van der Waals surface area contributed by atoms with E-state index in [1.807, 2.05) is 30.3 Å². The summed E-state index contributed by atoms with van der Waals surface area (Å²) in [6.07, 6.45) is 0. The van der Waals surface area contributed by atoms with E-state index in [0.717, 1.165) is 16.8 Å². The van der Waals surface area contributed by atoms with Crippen LogP contribution in [0.1, 0.15) is 16.7 Å². The molecule has 0 atom stereocenters. The van der Waals surface area contributed by atoms with Crippen molar-refractivity contribution in [2.75, 3.05) is 5.32 Å². The molecule has 0 unspecified atom stereocenters. The highest BCUT2D eigenvalue weighted by Crippen LogP contribution is 2.14. The van der Waals surface area contributed by atoms with Crippen molar-refractivity contribution in [3.8, 4) is 0 Å². The number of nitrogens with one attached hydrogen (secondary N) is 1. The van der Waals surface area contributed by atoms with Crippen LogP contribution in [-0.4, -0.2) is 5.11 Å². The first kappa shape index (κ1) is 12.6. The first-order chi connectivity index (χ1) is 8.69.